The molecule has 0 aliphatic rings. The largest absolute Gasteiger partial charge is 0.494 e. The molecule has 24 heavy (non-hydrogen) atoms. The summed E-state index contributed by atoms with van der Waals surface area (Å²) in [4.78, 5) is 13.2. The van der Waals surface area contributed by atoms with Crippen molar-refractivity contribution in [3.63, 3.8) is 0 Å². The van der Waals surface area contributed by atoms with Crippen molar-refractivity contribution < 1.29 is 14.4 Å². The van der Waals surface area contributed by atoms with E-state index in [1.165, 1.54) is 5.56 Å². The van der Waals surface area contributed by atoms with E-state index in [0.29, 0.717) is 24.7 Å². The summed E-state index contributed by atoms with van der Waals surface area (Å²) < 4.78 is 5.43. The lowest BCUT2D eigenvalue weighted by Crippen LogP contribution is -3.08. The quantitative estimate of drug-likeness (QED) is 0.767. The van der Waals surface area contributed by atoms with Crippen LogP contribution in [0.4, 0.5) is 0 Å². The molecule has 0 spiro atoms. The van der Waals surface area contributed by atoms with E-state index in [-0.39, 0.29) is 5.91 Å². The predicted molar refractivity (Wildman–Crippen MR) is 96.4 cm³/mol. The summed E-state index contributed by atoms with van der Waals surface area (Å²) in [7, 11) is 2.01. The van der Waals surface area contributed by atoms with Crippen molar-refractivity contribution >= 4 is 17.5 Å². The van der Waals surface area contributed by atoms with E-state index in [0.717, 1.165) is 22.8 Å². The second-order valence-electron chi connectivity index (χ2n) is 5.79. The second-order valence-corrected chi connectivity index (χ2v) is 6.23. The Labute approximate surface area is 148 Å². The summed E-state index contributed by atoms with van der Waals surface area (Å²) in [5.74, 6) is 0.910. The molecule has 0 aliphatic heterocycles. The standard InChI is InChI=1S/C19H23ClN2O2/c1-3-24-18-10-6-16(7-11-18)13-22(2)14-19(23)21-12-15-4-8-17(20)9-5-15/h4-11H,3,12-14H2,1-2H3,(H,21,23)/p+1. The first-order valence-electron chi connectivity index (χ1n) is 8.11. The van der Waals surface area contributed by atoms with Gasteiger partial charge < -0.3 is 15.0 Å². The van der Waals surface area contributed by atoms with Gasteiger partial charge in [0.1, 0.15) is 12.3 Å². The Morgan fingerprint density at radius 3 is 2.33 bits per heavy atom. The van der Waals surface area contributed by atoms with Crippen LogP contribution in [0, 0.1) is 0 Å². The number of nitrogens with one attached hydrogen (secondary N) is 2. The van der Waals surface area contributed by atoms with Crippen molar-refractivity contribution in [2.24, 2.45) is 0 Å². The molecule has 0 heterocycles. The lowest BCUT2D eigenvalue weighted by Gasteiger charge is -2.14. The van der Waals surface area contributed by atoms with E-state index in [4.69, 9.17) is 16.3 Å². The van der Waals surface area contributed by atoms with Crippen LogP contribution in [0.1, 0.15) is 18.1 Å². The van der Waals surface area contributed by atoms with Gasteiger partial charge in [-0.15, -0.1) is 0 Å². The molecule has 2 aromatic rings. The van der Waals surface area contributed by atoms with Crippen LogP contribution < -0.4 is 15.0 Å². The van der Waals surface area contributed by atoms with Crippen molar-refractivity contribution in [2.45, 2.75) is 20.0 Å². The molecule has 0 bridgehead atoms. The van der Waals surface area contributed by atoms with Crippen LogP contribution in [0.3, 0.4) is 0 Å². The molecule has 0 aromatic heterocycles. The zero-order chi connectivity index (χ0) is 17.4. The number of hydrogen-bond donors (Lipinski definition) is 2. The summed E-state index contributed by atoms with van der Waals surface area (Å²) in [6, 6.07) is 15.5. The van der Waals surface area contributed by atoms with Crippen molar-refractivity contribution in [2.75, 3.05) is 20.2 Å². The Kier molecular flexibility index (Phi) is 7.09. The highest BCUT2D eigenvalue weighted by atomic mass is 35.5. The van der Waals surface area contributed by atoms with Crippen LogP contribution in [0.15, 0.2) is 48.5 Å². The fourth-order valence-corrected chi connectivity index (χ4v) is 2.55. The van der Waals surface area contributed by atoms with Crippen LogP contribution in [-0.4, -0.2) is 26.1 Å². The monoisotopic (exact) mass is 347 g/mol. The van der Waals surface area contributed by atoms with Crippen LogP contribution >= 0.6 is 11.6 Å². The molecule has 2 aromatic carbocycles. The smallest absolute Gasteiger partial charge is 0.275 e. The predicted octanol–water partition coefficient (Wildman–Crippen LogP) is 2.07. The van der Waals surface area contributed by atoms with Crippen molar-refractivity contribution in [3.05, 3.63) is 64.7 Å². The molecule has 2 N–H and O–H groups in total. The van der Waals surface area contributed by atoms with Gasteiger partial charge in [-0.3, -0.25) is 4.79 Å². The number of likely N-dealkylation sites (N-methyl/N-ethyl adjacent to an activating group) is 1. The lowest BCUT2D eigenvalue weighted by atomic mass is 10.2. The zero-order valence-corrected chi connectivity index (χ0v) is 14.9. The van der Waals surface area contributed by atoms with Gasteiger partial charge in [0, 0.05) is 17.1 Å². The molecule has 5 heteroatoms. The highest BCUT2D eigenvalue weighted by Gasteiger charge is 2.10. The Bertz CT molecular complexity index is 641. The topological polar surface area (TPSA) is 42.8 Å². The molecule has 1 atom stereocenters. The molecule has 0 aliphatic carbocycles. The highest BCUT2D eigenvalue weighted by Crippen LogP contribution is 2.11. The number of quaternary nitrogens is 1. The fraction of sp³-hybridized carbons (Fsp3) is 0.316. The van der Waals surface area contributed by atoms with Gasteiger partial charge in [0.25, 0.3) is 5.91 Å². The number of ether oxygens (including phenoxy) is 1. The van der Waals surface area contributed by atoms with Gasteiger partial charge in [0.15, 0.2) is 6.54 Å². The average molecular weight is 348 g/mol. The van der Waals surface area contributed by atoms with Crippen LogP contribution in [-0.2, 0) is 17.9 Å². The third-order valence-corrected chi connectivity index (χ3v) is 3.86. The second kappa shape index (κ2) is 9.30. The maximum Gasteiger partial charge on any atom is 0.275 e. The number of amides is 1. The summed E-state index contributed by atoms with van der Waals surface area (Å²) in [5, 5.41) is 3.64. The minimum atomic E-state index is 0.0355. The van der Waals surface area contributed by atoms with Gasteiger partial charge in [-0.1, -0.05) is 23.7 Å². The van der Waals surface area contributed by atoms with Crippen LogP contribution in [0.25, 0.3) is 0 Å². The SMILES string of the molecule is CCOc1ccc(C[NH+](C)CC(=O)NCc2ccc(Cl)cc2)cc1. The van der Waals surface area contributed by atoms with Gasteiger partial charge in [0.2, 0.25) is 0 Å². The van der Waals surface area contributed by atoms with E-state index in [1.807, 2.05) is 62.5 Å². The summed E-state index contributed by atoms with van der Waals surface area (Å²) in [5.41, 5.74) is 2.22. The van der Waals surface area contributed by atoms with Gasteiger partial charge >= 0.3 is 0 Å². The Morgan fingerprint density at radius 2 is 1.71 bits per heavy atom. The first-order chi connectivity index (χ1) is 11.6. The molecule has 0 saturated heterocycles. The maximum atomic E-state index is 12.0. The maximum absolute atomic E-state index is 12.0. The number of halogens is 1. The van der Waals surface area contributed by atoms with Gasteiger partial charge in [-0.05, 0) is 48.9 Å². The molecule has 0 saturated carbocycles. The van der Waals surface area contributed by atoms with Gasteiger partial charge in [-0.2, -0.15) is 0 Å². The molecule has 1 amide bonds. The normalized spacial score (nSPS) is 11.8. The van der Waals surface area contributed by atoms with E-state index in [9.17, 15) is 4.79 Å². The Morgan fingerprint density at radius 1 is 1.08 bits per heavy atom. The number of carbonyl (C=O) groups is 1. The minimum Gasteiger partial charge on any atom is -0.494 e. The average Bonchev–Trinajstić information content (AvgIpc) is 2.56. The molecular formula is C19H24ClN2O2+. The van der Waals surface area contributed by atoms with Crippen LogP contribution in [0.5, 0.6) is 5.75 Å². The third kappa shape index (κ3) is 6.22. The van der Waals surface area contributed by atoms with Crippen molar-refractivity contribution in [3.8, 4) is 5.75 Å². The lowest BCUT2D eigenvalue weighted by molar-refractivity contribution is -0.885. The minimum absolute atomic E-state index is 0.0355. The van der Waals surface area contributed by atoms with Gasteiger partial charge in [0.05, 0.1) is 13.7 Å². The Balaban J connectivity index is 1.75. The number of rotatable bonds is 8. The fourth-order valence-electron chi connectivity index (χ4n) is 2.42. The van der Waals surface area contributed by atoms with Crippen molar-refractivity contribution in [1.82, 2.24) is 5.32 Å². The molecule has 4 nitrogen and oxygen atoms in total. The van der Waals surface area contributed by atoms with E-state index >= 15 is 0 Å². The molecule has 0 radical (unpaired) electrons. The van der Waals surface area contributed by atoms with Crippen molar-refractivity contribution in [1.29, 1.82) is 0 Å². The molecule has 128 valence electrons. The van der Waals surface area contributed by atoms with E-state index < -0.39 is 0 Å². The zero-order valence-electron chi connectivity index (χ0n) is 14.1. The first-order valence-corrected chi connectivity index (χ1v) is 8.49. The summed E-state index contributed by atoms with van der Waals surface area (Å²) in [6.07, 6.45) is 0. The van der Waals surface area contributed by atoms with Gasteiger partial charge in [-0.25, -0.2) is 0 Å². The van der Waals surface area contributed by atoms with Crippen LogP contribution in [0.2, 0.25) is 5.02 Å². The highest BCUT2D eigenvalue weighted by molar-refractivity contribution is 6.30. The third-order valence-electron chi connectivity index (χ3n) is 3.61. The summed E-state index contributed by atoms with van der Waals surface area (Å²) >= 11 is 5.85. The first kappa shape index (κ1) is 18.3. The Hall–Kier alpha value is -2.04. The molecule has 2 rings (SSSR count). The number of hydrogen-bond acceptors (Lipinski definition) is 2. The molecule has 0 fully saturated rings. The summed E-state index contributed by atoms with van der Waals surface area (Å²) in [6.45, 7) is 4.38. The van der Waals surface area contributed by atoms with E-state index in [2.05, 4.69) is 5.32 Å². The van der Waals surface area contributed by atoms with E-state index in [1.54, 1.807) is 0 Å². The number of benzene rings is 2. The molecular weight excluding hydrogens is 324 g/mol. The number of carbonyl (C=O) groups excluding carboxylic acids is 1. The molecule has 1 unspecified atom stereocenters.